The van der Waals surface area contributed by atoms with Crippen LogP contribution in [0.15, 0.2) is 24.3 Å². The zero-order valence-electron chi connectivity index (χ0n) is 14.5. The Hall–Kier alpha value is -1.34. The number of anilines is 2. The van der Waals surface area contributed by atoms with E-state index in [-0.39, 0.29) is 36.6 Å². The predicted octanol–water partition coefficient (Wildman–Crippen LogP) is 2.63. The molecule has 0 spiro atoms. The van der Waals surface area contributed by atoms with E-state index in [1.807, 2.05) is 6.07 Å². The van der Waals surface area contributed by atoms with Crippen molar-refractivity contribution in [3.63, 3.8) is 0 Å². The average Bonchev–Trinajstić information content (AvgIpc) is 2.76. The molecule has 1 aliphatic heterocycles. The molecule has 0 radical (unpaired) electrons. The van der Waals surface area contributed by atoms with E-state index in [1.54, 1.807) is 25.1 Å². The summed E-state index contributed by atoms with van der Waals surface area (Å²) in [6.07, 6.45) is 4.82. The number of likely N-dealkylation sites (tertiary alicyclic amines) is 1. The summed E-state index contributed by atoms with van der Waals surface area (Å²) in [6, 6.07) is 6.53. The molecular weight excluding hydrogens is 363 g/mol. The van der Waals surface area contributed by atoms with E-state index in [9.17, 15) is 9.59 Å². The standard InChI is InChI=1S/C17H26N4O2.2ClH/c1-13(18)17(23)20-15-8-6-7-14(11-15)19-16(22)12-21-9-4-2-3-5-10-21;;/h6-8,11,13H,2-5,9-10,12,18H2,1H3,(H,19,22)(H,20,23);2*1H/t13-;;/m1../s1. The topological polar surface area (TPSA) is 87.5 Å². The second kappa shape index (κ2) is 12.1. The van der Waals surface area contributed by atoms with Gasteiger partial charge in [0, 0.05) is 11.4 Å². The number of nitrogens with two attached hydrogens (primary N) is 1. The average molecular weight is 391 g/mol. The van der Waals surface area contributed by atoms with Crippen LogP contribution in [0.4, 0.5) is 11.4 Å². The summed E-state index contributed by atoms with van der Waals surface area (Å²) in [5, 5.41) is 5.61. The fourth-order valence-electron chi connectivity index (χ4n) is 2.63. The van der Waals surface area contributed by atoms with Gasteiger partial charge >= 0.3 is 0 Å². The third-order valence-corrected chi connectivity index (χ3v) is 3.89. The Labute approximate surface area is 161 Å². The molecule has 2 amide bonds. The molecule has 1 aromatic rings. The molecule has 25 heavy (non-hydrogen) atoms. The van der Waals surface area contributed by atoms with Gasteiger partial charge in [-0.2, -0.15) is 0 Å². The summed E-state index contributed by atoms with van der Waals surface area (Å²) < 4.78 is 0. The number of nitrogens with one attached hydrogen (secondary N) is 2. The molecule has 1 atom stereocenters. The molecule has 0 aromatic heterocycles. The molecule has 4 N–H and O–H groups in total. The summed E-state index contributed by atoms with van der Waals surface area (Å²) >= 11 is 0. The van der Waals surface area contributed by atoms with Crippen LogP contribution in [-0.4, -0.2) is 42.4 Å². The zero-order valence-corrected chi connectivity index (χ0v) is 16.1. The lowest BCUT2D eigenvalue weighted by Gasteiger charge is -2.19. The molecule has 0 aliphatic carbocycles. The first-order valence-electron chi connectivity index (χ1n) is 8.23. The Balaban J connectivity index is 0.00000288. The SMILES string of the molecule is C[C@@H](N)C(=O)Nc1cccc(NC(=O)CN2CCCCCC2)c1.Cl.Cl. The Morgan fingerprint density at radius 1 is 1.08 bits per heavy atom. The summed E-state index contributed by atoms with van der Waals surface area (Å²) in [5.74, 6) is -0.277. The lowest BCUT2D eigenvalue weighted by Crippen LogP contribution is -2.34. The molecule has 2 rings (SSSR count). The quantitative estimate of drug-likeness (QED) is 0.720. The molecule has 1 aliphatic rings. The van der Waals surface area contributed by atoms with Crippen molar-refractivity contribution in [2.24, 2.45) is 5.73 Å². The van der Waals surface area contributed by atoms with Gasteiger partial charge < -0.3 is 16.4 Å². The van der Waals surface area contributed by atoms with Crippen molar-refractivity contribution < 1.29 is 9.59 Å². The molecule has 1 saturated heterocycles. The molecule has 1 heterocycles. The summed E-state index contributed by atoms with van der Waals surface area (Å²) in [6.45, 7) is 4.01. The van der Waals surface area contributed by atoms with Gasteiger partial charge in [0.25, 0.3) is 0 Å². The molecule has 8 heteroatoms. The van der Waals surface area contributed by atoms with Gasteiger partial charge in [-0.3, -0.25) is 14.5 Å². The summed E-state index contributed by atoms with van der Waals surface area (Å²) in [7, 11) is 0. The van der Waals surface area contributed by atoms with Crippen molar-refractivity contribution in [3.05, 3.63) is 24.3 Å². The maximum Gasteiger partial charge on any atom is 0.240 e. The van der Waals surface area contributed by atoms with Gasteiger partial charge in [0.05, 0.1) is 12.6 Å². The second-order valence-electron chi connectivity index (χ2n) is 6.10. The van der Waals surface area contributed by atoms with Gasteiger partial charge in [-0.25, -0.2) is 0 Å². The number of carbonyl (C=O) groups excluding carboxylic acids is 2. The van der Waals surface area contributed by atoms with E-state index >= 15 is 0 Å². The normalized spacial score (nSPS) is 15.8. The molecule has 0 saturated carbocycles. The van der Waals surface area contributed by atoms with Crippen LogP contribution in [0.25, 0.3) is 0 Å². The molecule has 142 valence electrons. The van der Waals surface area contributed by atoms with Crippen molar-refractivity contribution in [1.29, 1.82) is 0 Å². The minimum Gasteiger partial charge on any atom is -0.325 e. The van der Waals surface area contributed by atoms with Crippen molar-refractivity contribution in [1.82, 2.24) is 4.90 Å². The van der Waals surface area contributed by atoms with Crippen molar-refractivity contribution in [3.8, 4) is 0 Å². The third kappa shape index (κ3) is 8.54. The van der Waals surface area contributed by atoms with Gasteiger partial charge in [-0.05, 0) is 51.1 Å². The molecule has 0 unspecified atom stereocenters. The number of hydrogen-bond donors (Lipinski definition) is 3. The lowest BCUT2D eigenvalue weighted by molar-refractivity contribution is -0.117. The maximum absolute atomic E-state index is 12.2. The Morgan fingerprint density at radius 2 is 1.64 bits per heavy atom. The van der Waals surface area contributed by atoms with Gasteiger partial charge in [0.2, 0.25) is 11.8 Å². The molecule has 6 nitrogen and oxygen atoms in total. The van der Waals surface area contributed by atoms with Crippen LogP contribution in [0, 0.1) is 0 Å². The van der Waals surface area contributed by atoms with Gasteiger partial charge in [-0.1, -0.05) is 18.9 Å². The Kier molecular flexibility index (Phi) is 11.4. The van der Waals surface area contributed by atoms with Crippen LogP contribution < -0.4 is 16.4 Å². The lowest BCUT2D eigenvalue weighted by atomic mass is 10.2. The number of hydrogen-bond acceptors (Lipinski definition) is 4. The fourth-order valence-corrected chi connectivity index (χ4v) is 2.63. The first-order chi connectivity index (χ1) is 11.0. The van der Waals surface area contributed by atoms with E-state index in [0.29, 0.717) is 17.9 Å². The number of rotatable bonds is 5. The number of benzene rings is 1. The highest BCUT2D eigenvalue weighted by molar-refractivity contribution is 5.96. The summed E-state index contributed by atoms with van der Waals surface area (Å²) in [4.78, 5) is 26.0. The smallest absolute Gasteiger partial charge is 0.240 e. The highest BCUT2D eigenvalue weighted by Gasteiger charge is 2.13. The highest BCUT2D eigenvalue weighted by atomic mass is 35.5. The van der Waals surface area contributed by atoms with E-state index in [2.05, 4.69) is 15.5 Å². The first-order valence-corrected chi connectivity index (χ1v) is 8.23. The second-order valence-corrected chi connectivity index (χ2v) is 6.10. The van der Waals surface area contributed by atoms with Crippen molar-refractivity contribution >= 4 is 48.0 Å². The minimum atomic E-state index is -0.573. The number of amides is 2. The third-order valence-electron chi connectivity index (χ3n) is 3.89. The van der Waals surface area contributed by atoms with Crippen LogP contribution in [0.1, 0.15) is 32.6 Å². The molecule has 1 aromatic carbocycles. The van der Waals surface area contributed by atoms with Crippen molar-refractivity contribution in [2.75, 3.05) is 30.3 Å². The Bertz CT molecular complexity index is 547. The van der Waals surface area contributed by atoms with Gasteiger partial charge in [0.15, 0.2) is 0 Å². The first kappa shape index (κ1) is 23.7. The van der Waals surface area contributed by atoms with Crippen LogP contribution in [0.3, 0.4) is 0 Å². The largest absolute Gasteiger partial charge is 0.325 e. The van der Waals surface area contributed by atoms with E-state index in [1.165, 1.54) is 12.8 Å². The fraction of sp³-hybridized carbons (Fsp3) is 0.529. The van der Waals surface area contributed by atoms with E-state index < -0.39 is 6.04 Å². The number of halogens is 2. The molecule has 1 fully saturated rings. The van der Waals surface area contributed by atoms with Crippen LogP contribution in [0.2, 0.25) is 0 Å². The van der Waals surface area contributed by atoms with Crippen LogP contribution in [-0.2, 0) is 9.59 Å². The molecular formula is C17H28Cl2N4O2. The monoisotopic (exact) mass is 390 g/mol. The van der Waals surface area contributed by atoms with E-state index in [4.69, 9.17) is 5.73 Å². The predicted molar refractivity (Wildman–Crippen MR) is 107 cm³/mol. The highest BCUT2D eigenvalue weighted by Crippen LogP contribution is 2.16. The zero-order chi connectivity index (χ0) is 16.7. The van der Waals surface area contributed by atoms with E-state index in [0.717, 1.165) is 25.9 Å². The minimum absolute atomic E-state index is 0. The summed E-state index contributed by atoms with van der Waals surface area (Å²) in [5.41, 5.74) is 6.83. The van der Waals surface area contributed by atoms with Crippen LogP contribution >= 0.6 is 24.8 Å². The van der Waals surface area contributed by atoms with Crippen molar-refractivity contribution in [2.45, 2.75) is 38.6 Å². The molecule has 0 bridgehead atoms. The van der Waals surface area contributed by atoms with Crippen LogP contribution in [0.5, 0.6) is 0 Å². The maximum atomic E-state index is 12.2. The number of nitrogens with zero attached hydrogens (tertiary/aromatic N) is 1. The van der Waals surface area contributed by atoms with Gasteiger partial charge in [-0.15, -0.1) is 24.8 Å². The number of carbonyl (C=O) groups is 2. The Morgan fingerprint density at radius 3 is 2.20 bits per heavy atom. The van der Waals surface area contributed by atoms with Gasteiger partial charge in [0.1, 0.15) is 0 Å².